The number of nitrogens with zero attached hydrogens (tertiary/aromatic N) is 1. The molecule has 0 saturated heterocycles. The second-order valence-corrected chi connectivity index (χ2v) is 6.52. The topological polar surface area (TPSA) is 215 Å². The number of carboxylic acids is 4. The van der Waals surface area contributed by atoms with Crippen molar-refractivity contribution in [2.24, 2.45) is 0 Å². The molecule has 0 bridgehead atoms. The highest BCUT2D eigenvalue weighted by atomic mass is 35.5. The second kappa shape index (κ2) is 18.8. The Labute approximate surface area is 200 Å². The average molecular weight is 503 g/mol. The first kappa shape index (κ1) is 32.4. The van der Waals surface area contributed by atoms with Gasteiger partial charge in [0.15, 0.2) is 0 Å². The van der Waals surface area contributed by atoms with Gasteiger partial charge in [-0.3, -0.25) is 4.98 Å². The van der Waals surface area contributed by atoms with Gasteiger partial charge in [0, 0.05) is 18.9 Å². The normalized spacial score (nSPS) is 10.1. The predicted molar refractivity (Wildman–Crippen MR) is 121 cm³/mol. The Hall–Kier alpha value is -3.74. The van der Waals surface area contributed by atoms with Gasteiger partial charge in [0.25, 0.3) is 0 Å². The van der Waals surface area contributed by atoms with E-state index < -0.39 is 23.9 Å². The first-order chi connectivity index (χ1) is 15.6. The number of rotatable bonds is 8. The third-order valence-electron chi connectivity index (χ3n) is 3.66. The minimum Gasteiger partial charge on any atom is -0.488 e. The summed E-state index contributed by atoms with van der Waals surface area (Å²) in [6, 6.07) is 11.7. The molecule has 1 atom stereocenters. The highest BCUT2D eigenvalue weighted by Crippen LogP contribution is 2.24. The number of nitrogens with one attached hydrogen (secondary N) is 1. The van der Waals surface area contributed by atoms with Gasteiger partial charge < -0.3 is 36.0 Å². The summed E-state index contributed by atoms with van der Waals surface area (Å²) in [7, 11) is 0. The van der Waals surface area contributed by atoms with Gasteiger partial charge in [0.2, 0.25) is 0 Å². The second-order valence-electron chi connectivity index (χ2n) is 6.11. The summed E-state index contributed by atoms with van der Waals surface area (Å²) < 4.78 is 5.94. The van der Waals surface area contributed by atoms with Crippen LogP contribution in [0.3, 0.4) is 0 Å². The van der Waals surface area contributed by atoms with Crippen LogP contribution in [0.25, 0.3) is 0 Å². The number of hydrogen-bond acceptors (Lipinski definition) is 7. The third kappa shape index (κ3) is 16.0. The van der Waals surface area contributed by atoms with Crippen LogP contribution in [0.5, 0.6) is 5.75 Å². The average Bonchev–Trinajstić information content (AvgIpc) is 2.78. The molecule has 7 N–H and O–H groups in total. The fourth-order valence-electron chi connectivity index (χ4n) is 2.03. The predicted octanol–water partition coefficient (Wildman–Crippen LogP) is 1.21. The summed E-state index contributed by atoms with van der Waals surface area (Å²) in [5, 5.41) is 33.7. The number of carboxylic acid groups (broad SMARTS) is 4. The van der Waals surface area contributed by atoms with Crippen LogP contribution in [0.2, 0.25) is 5.02 Å². The van der Waals surface area contributed by atoms with Crippen molar-refractivity contribution < 1.29 is 49.8 Å². The smallest absolute Gasteiger partial charge is 0.414 e. The molecule has 0 amide bonds. The molecule has 0 aliphatic heterocycles. The molecule has 0 spiro atoms. The van der Waals surface area contributed by atoms with E-state index in [0.717, 1.165) is 31.7 Å². The van der Waals surface area contributed by atoms with Gasteiger partial charge in [-0.2, -0.15) is 0 Å². The molecule has 0 fully saturated rings. The standard InChI is InChI=1S/C17H21ClN2O.2C2H2O4.H2O/c1-2-15(21-17-6-4-3-5-16(17)18)13-20-12-9-14-7-10-19-11-8-14;2*3-1(4)2(5)6;/h3-8,10-11,15,20H,2,9,12-13H2,1H3;2*(H,3,4)(H,5,6);1H2. The Bertz CT molecular complexity index is 848. The SMILES string of the molecule is CCC(CNCCc1ccncc1)Oc1ccccc1Cl.O.O=C(O)C(=O)O.O=C(O)C(=O)O. The van der Waals surface area contributed by atoms with Gasteiger partial charge in [-0.15, -0.1) is 0 Å². The van der Waals surface area contributed by atoms with Crippen LogP contribution in [-0.4, -0.2) is 74.0 Å². The molecule has 34 heavy (non-hydrogen) atoms. The van der Waals surface area contributed by atoms with Crippen LogP contribution in [-0.2, 0) is 25.6 Å². The molecule has 12 nitrogen and oxygen atoms in total. The number of benzene rings is 1. The maximum atomic E-state index is 9.10. The molecule has 0 radical (unpaired) electrons. The maximum Gasteiger partial charge on any atom is 0.414 e. The first-order valence-electron chi connectivity index (χ1n) is 9.51. The molecule has 1 aromatic heterocycles. The quantitative estimate of drug-likeness (QED) is 0.255. The molecule has 0 aliphatic carbocycles. The number of carbonyl (C=O) groups is 4. The molecule has 1 aromatic carbocycles. The van der Waals surface area contributed by atoms with Crippen LogP contribution in [0.15, 0.2) is 48.8 Å². The molecule has 1 unspecified atom stereocenters. The summed E-state index contributed by atoms with van der Waals surface area (Å²) in [4.78, 5) is 40.4. The monoisotopic (exact) mass is 502 g/mol. The summed E-state index contributed by atoms with van der Waals surface area (Å²) in [5.41, 5.74) is 1.29. The summed E-state index contributed by atoms with van der Waals surface area (Å²) >= 11 is 6.12. The Morgan fingerprint density at radius 3 is 1.88 bits per heavy atom. The summed E-state index contributed by atoms with van der Waals surface area (Å²) in [6.45, 7) is 3.85. The van der Waals surface area contributed by atoms with E-state index in [0.29, 0.717) is 5.02 Å². The number of halogens is 1. The molecule has 0 saturated carbocycles. The number of ether oxygens (including phenoxy) is 1. The minimum absolute atomic E-state index is 0. The number of aromatic nitrogens is 1. The van der Waals surface area contributed by atoms with E-state index in [9.17, 15) is 0 Å². The van der Waals surface area contributed by atoms with Gasteiger partial charge in [-0.05, 0) is 49.2 Å². The van der Waals surface area contributed by atoms with Crippen molar-refractivity contribution in [3.8, 4) is 5.75 Å². The van der Waals surface area contributed by atoms with Crippen LogP contribution in [0, 0.1) is 0 Å². The zero-order valence-electron chi connectivity index (χ0n) is 18.2. The zero-order chi connectivity index (χ0) is 25.2. The van der Waals surface area contributed by atoms with E-state index >= 15 is 0 Å². The Morgan fingerprint density at radius 1 is 0.941 bits per heavy atom. The van der Waals surface area contributed by atoms with Gasteiger partial charge in [-0.1, -0.05) is 30.7 Å². The van der Waals surface area contributed by atoms with Crippen molar-refractivity contribution in [2.75, 3.05) is 13.1 Å². The van der Waals surface area contributed by atoms with E-state index in [2.05, 4.69) is 17.2 Å². The number of hydrogen-bond donors (Lipinski definition) is 5. The van der Waals surface area contributed by atoms with Crippen LogP contribution in [0.1, 0.15) is 18.9 Å². The lowest BCUT2D eigenvalue weighted by Crippen LogP contribution is -2.32. The molecule has 2 rings (SSSR count). The lowest BCUT2D eigenvalue weighted by Gasteiger charge is -2.19. The molecule has 1 heterocycles. The van der Waals surface area contributed by atoms with Crippen LogP contribution in [0.4, 0.5) is 0 Å². The zero-order valence-corrected chi connectivity index (χ0v) is 18.9. The Kier molecular flexibility index (Phi) is 17.9. The molecule has 2 aromatic rings. The lowest BCUT2D eigenvalue weighted by atomic mass is 10.2. The fourth-order valence-corrected chi connectivity index (χ4v) is 2.21. The largest absolute Gasteiger partial charge is 0.488 e. The van der Waals surface area contributed by atoms with Crippen LogP contribution >= 0.6 is 11.6 Å². The third-order valence-corrected chi connectivity index (χ3v) is 3.98. The number of aliphatic carboxylic acids is 4. The van der Waals surface area contributed by atoms with Crippen molar-refractivity contribution >= 4 is 35.5 Å². The minimum atomic E-state index is -1.82. The molecule has 13 heteroatoms. The summed E-state index contributed by atoms with van der Waals surface area (Å²) in [6.07, 6.45) is 5.70. The molecular formula is C21H27ClN2O10. The van der Waals surface area contributed by atoms with Crippen molar-refractivity contribution in [3.05, 3.63) is 59.4 Å². The van der Waals surface area contributed by atoms with E-state index in [1.165, 1.54) is 5.56 Å². The summed E-state index contributed by atoms with van der Waals surface area (Å²) in [5.74, 6) is -6.54. The molecule has 188 valence electrons. The molecular weight excluding hydrogens is 476 g/mol. The first-order valence-corrected chi connectivity index (χ1v) is 9.89. The van der Waals surface area contributed by atoms with Crippen molar-refractivity contribution in [2.45, 2.75) is 25.9 Å². The van der Waals surface area contributed by atoms with Gasteiger partial charge in [-0.25, -0.2) is 19.2 Å². The van der Waals surface area contributed by atoms with E-state index in [4.69, 9.17) is 55.9 Å². The highest BCUT2D eigenvalue weighted by molar-refractivity contribution is 6.32. The van der Waals surface area contributed by atoms with Crippen LogP contribution < -0.4 is 10.1 Å². The maximum absolute atomic E-state index is 9.10. The van der Waals surface area contributed by atoms with Gasteiger partial charge >= 0.3 is 23.9 Å². The van der Waals surface area contributed by atoms with Gasteiger partial charge in [0.1, 0.15) is 11.9 Å². The Morgan fingerprint density at radius 2 is 1.44 bits per heavy atom. The van der Waals surface area contributed by atoms with Crippen molar-refractivity contribution in [1.29, 1.82) is 0 Å². The highest BCUT2D eigenvalue weighted by Gasteiger charge is 2.09. The van der Waals surface area contributed by atoms with Crippen molar-refractivity contribution in [1.82, 2.24) is 10.3 Å². The van der Waals surface area contributed by atoms with Crippen molar-refractivity contribution in [3.63, 3.8) is 0 Å². The van der Waals surface area contributed by atoms with E-state index in [1.807, 2.05) is 48.8 Å². The number of para-hydroxylation sites is 1. The van der Waals surface area contributed by atoms with E-state index in [-0.39, 0.29) is 11.6 Å². The van der Waals surface area contributed by atoms with E-state index in [1.54, 1.807) is 0 Å². The van der Waals surface area contributed by atoms with Gasteiger partial charge in [0.05, 0.1) is 5.02 Å². The fraction of sp³-hybridized carbons (Fsp3) is 0.286. The molecule has 0 aliphatic rings. The lowest BCUT2D eigenvalue weighted by molar-refractivity contribution is -0.159. The Balaban J connectivity index is 0. The number of pyridine rings is 1.